The fourth-order valence-corrected chi connectivity index (χ4v) is 9.99. The molecule has 2 unspecified atom stereocenters. The molecule has 1 aliphatic heterocycles. The first-order valence-electron chi connectivity index (χ1n) is 11.8. The number of hydrogen-bond acceptors (Lipinski definition) is 4. The van der Waals surface area contributed by atoms with Crippen LogP contribution in [0.4, 0.5) is 4.79 Å². The quantitative estimate of drug-likeness (QED) is 0.562. The molecule has 2 heterocycles. The van der Waals surface area contributed by atoms with Crippen molar-refractivity contribution in [3.8, 4) is 0 Å². The standard InChI is InChI=1S/C24H36N2O2S2/c1-23(2,3)20-9-18(4-5-26(20)22(27)28)21-25-19(13-29-21)14-30-24-10-15-6-16(11-24)8-17(7-15)12-24/h13,15-18,20H,4-12,14H2,1-3H3,(H,27,28). The lowest BCUT2D eigenvalue weighted by molar-refractivity contribution is 0.0383. The molecule has 30 heavy (non-hydrogen) atoms. The van der Waals surface area contributed by atoms with Gasteiger partial charge in [0.2, 0.25) is 0 Å². The van der Waals surface area contributed by atoms with Crippen molar-refractivity contribution in [2.45, 2.75) is 94.6 Å². The summed E-state index contributed by atoms with van der Waals surface area (Å²) in [5, 5.41) is 13.1. The van der Waals surface area contributed by atoms with Gasteiger partial charge in [-0.2, -0.15) is 0 Å². The highest BCUT2D eigenvalue weighted by molar-refractivity contribution is 7.99. The Bertz CT molecular complexity index is 764. The van der Waals surface area contributed by atoms with Gasteiger partial charge in [-0.05, 0) is 74.5 Å². The van der Waals surface area contributed by atoms with E-state index in [2.05, 4.69) is 37.9 Å². The lowest BCUT2D eigenvalue weighted by Gasteiger charge is -2.56. The van der Waals surface area contributed by atoms with Crippen molar-refractivity contribution in [1.82, 2.24) is 9.88 Å². The third kappa shape index (κ3) is 4.03. The van der Waals surface area contributed by atoms with Gasteiger partial charge in [0.15, 0.2) is 0 Å². The Labute approximate surface area is 189 Å². The summed E-state index contributed by atoms with van der Waals surface area (Å²) in [6.07, 6.45) is 9.86. The summed E-state index contributed by atoms with van der Waals surface area (Å²) in [4.78, 5) is 18.4. The Hall–Kier alpha value is -0.750. The zero-order chi connectivity index (χ0) is 21.1. The van der Waals surface area contributed by atoms with E-state index in [0.29, 0.717) is 17.2 Å². The predicted molar refractivity (Wildman–Crippen MR) is 124 cm³/mol. The van der Waals surface area contributed by atoms with Crippen LogP contribution in [0.1, 0.15) is 88.8 Å². The molecule has 0 radical (unpaired) electrons. The maximum Gasteiger partial charge on any atom is 0.407 e. The SMILES string of the molecule is CC(C)(C)C1CC(c2nc(CSC34CC5CC(CC(C5)C3)C4)cs2)CCN1C(=O)O. The van der Waals surface area contributed by atoms with Gasteiger partial charge in [-0.25, -0.2) is 9.78 Å². The molecular formula is C24H36N2O2S2. The first kappa shape index (κ1) is 21.1. The molecule has 1 N–H and O–H groups in total. The maximum absolute atomic E-state index is 11.7. The van der Waals surface area contributed by atoms with E-state index in [4.69, 9.17) is 4.98 Å². The van der Waals surface area contributed by atoms with Crippen molar-refractivity contribution in [3.63, 3.8) is 0 Å². The van der Waals surface area contributed by atoms with Crippen molar-refractivity contribution in [1.29, 1.82) is 0 Å². The summed E-state index contributed by atoms with van der Waals surface area (Å²) in [5.74, 6) is 4.46. The van der Waals surface area contributed by atoms with E-state index in [-0.39, 0.29) is 11.5 Å². The zero-order valence-corrected chi connectivity index (χ0v) is 20.2. The Morgan fingerprint density at radius 3 is 2.40 bits per heavy atom. The number of nitrogens with zero attached hydrogens (tertiary/aromatic N) is 2. The largest absolute Gasteiger partial charge is 0.465 e. The number of likely N-dealkylation sites (tertiary alicyclic amines) is 1. The molecule has 1 aromatic rings. The highest BCUT2D eigenvalue weighted by atomic mass is 32.2. The van der Waals surface area contributed by atoms with Gasteiger partial charge in [0, 0.05) is 34.4 Å². The van der Waals surface area contributed by atoms with E-state index < -0.39 is 6.09 Å². The number of piperidine rings is 1. The molecule has 1 amide bonds. The fourth-order valence-electron chi connectivity index (χ4n) is 7.25. The van der Waals surface area contributed by atoms with E-state index in [1.165, 1.54) is 49.2 Å². The van der Waals surface area contributed by atoms with E-state index in [9.17, 15) is 9.90 Å². The topological polar surface area (TPSA) is 53.4 Å². The van der Waals surface area contributed by atoms with Crippen LogP contribution in [0.2, 0.25) is 0 Å². The van der Waals surface area contributed by atoms with Crippen LogP contribution >= 0.6 is 23.1 Å². The van der Waals surface area contributed by atoms with Crippen molar-refractivity contribution >= 4 is 29.2 Å². The Kier molecular flexibility index (Phi) is 5.41. The monoisotopic (exact) mass is 448 g/mol. The van der Waals surface area contributed by atoms with Crippen molar-refractivity contribution in [2.75, 3.05) is 6.54 Å². The first-order chi connectivity index (χ1) is 14.2. The summed E-state index contributed by atoms with van der Waals surface area (Å²) >= 11 is 4.02. The van der Waals surface area contributed by atoms with E-state index in [1.807, 2.05) is 0 Å². The normalized spacial score (nSPS) is 38.2. The average Bonchev–Trinajstić information content (AvgIpc) is 3.13. The maximum atomic E-state index is 11.7. The molecule has 6 heteroatoms. The van der Waals surface area contributed by atoms with Crippen LogP contribution in [0.5, 0.6) is 0 Å². The van der Waals surface area contributed by atoms with Gasteiger partial charge in [-0.1, -0.05) is 20.8 Å². The minimum atomic E-state index is -0.778. The van der Waals surface area contributed by atoms with Gasteiger partial charge in [0.25, 0.3) is 0 Å². The highest BCUT2D eigenvalue weighted by Gasteiger charge is 2.51. The smallest absolute Gasteiger partial charge is 0.407 e. The summed E-state index contributed by atoms with van der Waals surface area (Å²) in [5.41, 5.74) is 1.20. The number of thiazole rings is 1. The van der Waals surface area contributed by atoms with Gasteiger partial charge in [0.05, 0.1) is 10.7 Å². The molecule has 6 rings (SSSR count). The van der Waals surface area contributed by atoms with Crippen molar-refractivity contribution in [2.24, 2.45) is 23.2 Å². The number of carboxylic acid groups (broad SMARTS) is 1. The zero-order valence-electron chi connectivity index (χ0n) is 18.6. The second kappa shape index (κ2) is 7.68. The Morgan fingerprint density at radius 1 is 1.20 bits per heavy atom. The highest BCUT2D eigenvalue weighted by Crippen LogP contribution is 2.61. The molecule has 1 saturated heterocycles. The van der Waals surface area contributed by atoms with Crippen LogP contribution in [0.3, 0.4) is 0 Å². The Balaban J connectivity index is 1.23. The van der Waals surface area contributed by atoms with E-state index in [0.717, 1.165) is 36.3 Å². The van der Waals surface area contributed by atoms with Crippen molar-refractivity contribution in [3.05, 3.63) is 16.1 Å². The molecular weight excluding hydrogens is 412 g/mol. The van der Waals surface area contributed by atoms with Crippen LogP contribution in [0.25, 0.3) is 0 Å². The number of amides is 1. The molecule has 0 aromatic carbocycles. The fraction of sp³-hybridized carbons (Fsp3) is 0.833. The number of aromatic nitrogens is 1. The first-order valence-corrected chi connectivity index (χ1v) is 13.7. The lowest BCUT2D eigenvalue weighted by Crippen LogP contribution is -2.51. The van der Waals surface area contributed by atoms with E-state index >= 15 is 0 Å². The average molecular weight is 449 g/mol. The van der Waals surface area contributed by atoms with Gasteiger partial charge in [-0.15, -0.1) is 23.1 Å². The molecule has 4 nitrogen and oxygen atoms in total. The van der Waals surface area contributed by atoms with Gasteiger partial charge >= 0.3 is 6.09 Å². The van der Waals surface area contributed by atoms with Gasteiger partial charge in [-0.3, -0.25) is 0 Å². The number of rotatable bonds is 4. The second-order valence-electron chi connectivity index (χ2n) is 11.6. The van der Waals surface area contributed by atoms with Crippen LogP contribution in [0.15, 0.2) is 5.38 Å². The predicted octanol–water partition coefficient (Wildman–Crippen LogP) is 6.62. The molecule has 5 fully saturated rings. The van der Waals surface area contributed by atoms with E-state index in [1.54, 1.807) is 16.2 Å². The molecule has 0 spiro atoms. The molecule has 5 aliphatic rings. The third-order valence-corrected chi connectivity index (χ3v) is 10.9. The van der Waals surface area contributed by atoms with Gasteiger partial charge in [0.1, 0.15) is 0 Å². The molecule has 166 valence electrons. The number of carbonyl (C=O) groups is 1. The summed E-state index contributed by atoms with van der Waals surface area (Å²) in [7, 11) is 0. The summed E-state index contributed by atoms with van der Waals surface area (Å²) < 4.78 is 0.544. The molecule has 4 aliphatic carbocycles. The van der Waals surface area contributed by atoms with Crippen molar-refractivity contribution < 1.29 is 9.90 Å². The van der Waals surface area contributed by atoms with Crippen LogP contribution in [-0.4, -0.2) is 38.4 Å². The minimum Gasteiger partial charge on any atom is -0.465 e. The summed E-state index contributed by atoms with van der Waals surface area (Å²) in [6, 6.07) is 0.0579. The lowest BCUT2D eigenvalue weighted by atomic mass is 9.56. The van der Waals surface area contributed by atoms with Gasteiger partial charge < -0.3 is 10.0 Å². The van der Waals surface area contributed by atoms with Crippen LogP contribution in [0, 0.1) is 23.2 Å². The molecule has 2 atom stereocenters. The Morgan fingerprint density at radius 2 is 1.83 bits per heavy atom. The number of thioether (sulfide) groups is 1. The minimum absolute atomic E-state index is 0.0501. The third-order valence-electron chi connectivity index (χ3n) is 8.27. The molecule has 1 aromatic heterocycles. The molecule has 4 bridgehead atoms. The second-order valence-corrected chi connectivity index (χ2v) is 14.0. The van der Waals surface area contributed by atoms with Crippen LogP contribution in [-0.2, 0) is 5.75 Å². The van der Waals surface area contributed by atoms with Crippen LogP contribution < -0.4 is 0 Å². The molecule has 4 saturated carbocycles. The number of hydrogen-bond donors (Lipinski definition) is 1. The summed E-state index contributed by atoms with van der Waals surface area (Å²) in [6.45, 7) is 7.10.